The summed E-state index contributed by atoms with van der Waals surface area (Å²) in [5.74, 6) is 0.239. The molecule has 4 saturated carbocycles. The normalized spacial score (nSPS) is 51.0. The van der Waals surface area contributed by atoms with Crippen LogP contribution in [0.3, 0.4) is 0 Å². The predicted octanol–water partition coefficient (Wildman–Crippen LogP) is 6.58. The van der Waals surface area contributed by atoms with E-state index in [1.807, 2.05) is 6.08 Å². The van der Waals surface area contributed by atoms with Crippen LogP contribution < -0.4 is 0 Å². The van der Waals surface area contributed by atoms with Crippen LogP contribution in [0.15, 0.2) is 11.6 Å². The van der Waals surface area contributed by atoms with Crippen LogP contribution in [0.1, 0.15) is 113 Å². The molecule has 2 bridgehead atoms. The zero-order valence-electron chi connectivity index (χ0n) is 24.2. The van der Waals surface area contributed by atoms with E-state index in [0.717, 1.165) is 57.8 Å². The lowest BCUT2D eigenvalue weighted by Gasteiger charge is -2.75. The van der Waals surface area contributed by atoms with Crippen LogP contribution in [0.4, 0.5) is 0 Å². The first kappa shape index (κ1) is 25.6. The van der Waals surface area contributed by atoms with E-state index in [0.29, 0.717) is 0 Å². The van der Waals surface area contributed by atoms with Crippen LogP contribution in [-0.4, -0.2) is 29.4 Å². The Morgan fingerprint density at radius 2 is 1.57 bits per heavy atom. The molecule has 6 fully saturated rings. The van der Waals surface area contributed by atoms with Crippen LogP contribution >= 0.6 is 0 Å². The summed E-state index contributed by atoms with van der Waals surface area (Å²) in [6.07, 6.45) is 9.79. The molecule has 8 atom stereocenters. The van der Waals surface area contributed by atoms with Crippen LogP contribution in [0.25, 0.3) is 0 Å². The Hall–Kier alpha value is -1.65. The molecule has 5 aliphatic carbocycles. The topological polar surface area (TPSA) is 69.7 Å². The standard InChI is InChI=1S/C32H46O5/c1-19(33)36-24-10-11-28(6)20(27(24,4)5)9-12-29(7)21(28)17-23(34)30(8)22-18-26(2,3)13-14-31(22)15-16-32(29,30)37-25(31)35/h17,20,22,24H,9-16,18H2,1-8H3/t20-,22-,24-,28-,29+,30+,31-,32-/m0/s1. The van der Waals surface area contributed by atoms with Gasteiger partial charge in [-0.2, -0.15) is 0 Å². The lowest BCUT2D eigenvalue weighted by atomic mass is 9.31. The molecule has 7 aliphatic rings. The highest BCUT2D eigenvalue weighted by molar-refractivity contribution is 6.01. The number of ketones is 1. The third kappa shape index (κ3) is 2.75. The summed E-state index contributed by atoms with van der Waals surface area (Å²) < 4.78 is 12.6. The average molecular weight is 511 g/mol. The van der Waals surface area contributed by atoms with Crippen molar-refractivity contribution in [2.24, 2.45) is 44.3 Å². The molecule has 0 N–H and O–H groups in total. The Labute approximate surface area is 222 Å². The van der Waals surface area contributed by atoms with Crippen molar-refractivity contribution < 1.29 is 23.9 Å². The quantitative estimate of drug-likeness (QED) is 0.373. The van der Waals surface area contributed by atoms with Gasteiger partial charge in [0.15, 0.2) is 5.78 Å². The van der Waals surface area contributed by atoms with Crippen LogP contribution in [0.5, 0.6) is 0 Å². The van der Waals surface area contributed by atoms with Crippen LogP contribution in [0.2, 0.25) is 0 Å². The summed E-state index contributed by atoms with van der Waals surface area (Å²) in [4.78, 5) is 40.4. The molecule has 2 saturated heterocycles. The molecule has 2 heterocycles. The van der Waals surface area contributed by atoms with Gasteiger partial charge in [0.25, 0.3) is 0 Å². The number of rotatable bonds is 1. The smallest absolute Gasteiger partial charge is 0.313 e. The van der Waals surface area contributed by atoms with Gasteiger partial charge in [0.1, 0.15) is 11.7 Å². The maximum Gasteiger partial charge on any atom is 0.313 e. The monoisotopic (exact) mass is 510 g/mol. The summed E-state index contributed by atoms with van der Waals surface area (Å²) in [6.45, 7) is 17.4. The lowest BCUT2D eigenvalue weighted by molar-refractivity contribution is -0.303. The number of allylic oxidation sites excluding steroid dienone is 1. The molecule has 0 radical (unpaired) electrons. The van der Waals surface area contributed by atoms with Crippen molar-refractivity contribution in [3.8, 4) is 0 Å². The van der Waals surface area contributed by atoms with E-state index in [4.69, 9.17) is 9.47 Å². The van der Waals surface area contributed by atoms with Gasteiger partial charge in [-0.25, -0.2) is 0 Å². The molecular formula is C32H46O5. The third-order valence-corrected chi connectivity index (χ3v) is 13.4. The van der Waals surface area contributed by atoms with Gasteiger partial charge in [0.2, 0.25) is 0 Å². The fraction of sp³-hybridized carbons (Fsp3) is 0.844. The summed E-state index contributed by atoms with van der Waals surface area (Å²) in [5.41, 5.74) is -1.46. The minimum absolute atomic E-state index is 0.0295. The van der Waals surface area contributed by atoms with Crippen molar-refractivity contribution in [3.63, 3.8) is 0 Å². The van der Waals surface area contributed by atoms with E-state index >= 15 is 0 Å². The molecule has 0 aromatic heterocycles. The molecule has 0 amide bonds. The van der Waals surface area contributed by atoms with Crippen molar-refractivity contribution in [2.75, 3.05) is 0 Å². The second-order valence-electron chi connectivity index (χ2n) is 15.7. The Bertz CT molecular complexity index is 1130. The van der Waals surface area contributed by atoms with Crippen molar-refractivity contribution in [2.45, 2.75) is 125 Å². The van der Waals surface area contributed by atoms with E-state index in [-0.39, 0.29) is 57.3 Å². The van der Waals surface area contributed by atoms with Crippen molar-refractivity contribution in [1.29, 1.82) is 0 Å². The van der Waals surface area contributed by atoms with E-state index < -0.39 is 16.4 Å². The first-order valence-electron chi connectivity index (χ1n) is 14.7. The number of hydrogen-bond acceptors (Lipinski definition) is 5. The van der Waals surface area contributed by atoms with Gasteiger partial charge in [0.05, 0.1) is 10.8 Å². The zero-order valence-corrected chi connectivity index (χ0v) is 24.2. The first-order chi connectivity index (χ1) is 17.0. The average Bonchev–Trinajstić information content (AvgIpc) is 2.79. The number of carbonyl (C=O) groups is 3. The Morgan fingerprint density at radius 1 is 0.892 bits per heavy atom. The fourth-order valence-electron chi connectivity index (χ4n) is 11.3. The SMILES string of the molecule is CC(=O)O[C@H]1CC[C@]2(C)C3=CC(=O)[C@@]4(C)[C@@H]5CC(C)(C)CC[C@]56CC[C@]4(OC6=O)[C@]3(C)CC[C@H]2C1(C)C. The highest BCUT2D eigenvalue weighted by Crippen LogP contribution is 2.78. The third-order valence-electron chi connectivity index (χ3n) is 13.4. The minimum Gasteiger partial charge on any atom is -0.462 e. The lowest BCUT2D eigenvalue weighted by Crippen LogP contribution is -2.80. The number of carbonyl (C=O) groups excluding carboxylic acids is 3. The highest BCUT2D eigenvalue weighted by atomic mass is 16.6. The maximum atomic E-state index is 14.6. The number of hydrogen-bond donors (Lipinski definition) is 0. The van der Waals surface area contributed by atoms with Gasteiger partial charge >= 0.3 is 11.9 Å². The first-order valence-corrected chi connectivity index (χ1v) is 14.7. The number of ether oxygens (including phenoxy) is 2. The maximum absolute atomic E-state index is 14.6. The van der Waals surface area contributed by atoms with E-state index in [2.05, 4.69) is 48.5 Å². The summed E-state index contributed by atoms with van der Waals surface area (Å²) in [5, 5.41) is 0. The van der Waals surface area contributed by atoms with Crippen molar-refractivity contribution in [3.05, 3.63) is 11.6 Å². The Morgan fingerprint density at radius 3 is 2.22 bits per heavy atom. The summed E-state index contributed by atoms with van der Waals surface area (Å²) in [7, 11) is 0. The molecule has 5 heteroatoms. The van der Waals surface area contributed by atoms with Gasteiger partial charge in [-0.15, -0.1) is 0 Å². The largest absolute Gasteiger partial charge is 0.462 e. The van der Waals surface area contributed by atoms with Gasteiger partial charge in [-0.3, -0.25) is 14.4 Å². The fourth-order valence-corrected chi connectivity index (χ4v) is 11.3. The van der Waals surface area contributed by atoms with Crippen LogP contribution in [0, 0.1) is 44.3 Å². The zero-order chi connectivity index (χ0) is 27.0. The van der Waals surface area contributed by atoms with E-state index in [1.54, 1.807) is 0 Å². The molecule has 2 aliphatic heterocycles. The second-order valence-corrected chi connectivity index (χ2v) is 15.7. The van der Waals surface area contributed by atoms with Gasteiger partial charge in [-0.1, -0.05) is 47.1 Å². The molecule has 204 valence electrons. The summed E-state index contributed by atoms with van der Waals surface area (Å²) >= 11 is 0. The minimum atomic E-state index is -0.789. The molecule has 37 heavy (non-hydrogen) atoms. The molecule has 0 aromatic rings. The van der Waals surface area contributed by atoms with Gasteiger partial charge in [-0.05, 0) is 93.5 Å². The van der Waals surface area contributed by atoms with Crippen LogP contribution in [-0.2, 0) is 23.9 Å². The van der Waals surface area contributed by atoms with E-state index in [1.165, 1.54) is 12.5 Å². The molecule has 2 spiro atoms. The summed E-state index contributed by atoms with van der Waals surface area (Å²) in [6, 6.07) is 0. The number of fused-ring (bicyclic) bond motifs is 5. The van der Waals surface area contributed by atoms with Crippen molar-refractivity contribution in [1.82, 2.24) is 0 Å². The van der Waals surface area contributed by atoms with E-state index in [9.17, 15) is 14.4 Å². The predicted molar refractivity (Wildman–Crippen MR) is 140 cm³/mol. The molecule has 5 nitrogen and oxygen atoms in total. The van der Waals surface area contributed by atoms with Gasteiger partial charge in [0, 0.05) is 17.8 Å². The molecule has 7 rings (SSSR count). The highest BCUT2D eigenvalue weighted by Gasteiger charge is 2.82. The molecular weight excluding hydrogens is 464 g/mol. The molecule has 0 unspecified atom stereocenters. The molecule has 0 aromatic carbocycles. The second kappa shape index (κ2) is 7.10. The Balaban J connectivity index is 1.50. The Kier molecular flexibility index (Phi) is 4.92. The number of esters is 2. The van der Waals surface area contributed by atoms with Crippen molar-refractivity contribution >= 4 is 17.7 Å². The van der Waals surface area contributed by atoms with Gasteiger partial charge < -0.3 is 9.47 Å².